The van der Waals surface area contributed by atoms with Gasteiger partial charge in [-0.2, -0.15) is 0 Å². The van der Waals surface area contributed by atoms with Crippen molar-refractivity contribution in [3.05, 3.63) is 58.9 Å². The monoisotopic (exact) mass is 425 g/mol. The molecule has 1 fully saturated rings. The molecule has 2 heterocycles. The molecule has 1 aliphatic heterocycles. The maximum atomic E-state index is 12.6. The number of hydrogen-bond acceptors (Lipinski definition) is 5. The molecule has 8 nitrogen and oxygen atoms in total. The Morgan fingerprint density at radius 2 is 1.77 bits per heavy atom. The van der Waals surface area contributed by atoms with Crippen LogP contribution in [0.3, 0.4) is 0 Å². The van der Waals surface area contributed by atoms with E-state index in [4.69, 9.17) is 4.74 Å². The molecule has 3 rings (SSSR count). The van der Waals surface area contributed by atoms with Crippen LogP contribution in [0.15, 0.2) is 36.4 Å². The van der Waals surface area contributed by atoms with Crippen LogP contribution in [-0.2, 0) is 20.9 Å². The van der Waals surface area contributed by atoms with E-state index in [1.165, 1.54) is 0 Å². The Morgan fingerprint density at radius 1 is 1.10 bits per heavy atom. The fraction of sp³-hybridized carbons (Fsp3) is 0.391. The molecule has 1 saturated heterocycles. The van der Waals surface area contributed by atoms with E-state index < -0.39 is 23.4 Å². The highest BCUT2D eigenvalue weighted by molar-refractivity contribution is 6.06. The minimum absolute atomic E-state index is 0.0906. The fourth-order valence-corrected chi connectivity index (χ4v) is 3.61. The Hall–Kier alpha value is -3.42. The number of benzene rings is 1. The summed E-state index contributed by atoms with van der Waals surface area (Å²) in [5, 5.41) is 2.55. The molecule has 0 spiro atoms. The largest absolute Gasteiger partial charge is 0.457 e. The Labute approximate surface area is 181 Å². The van der Waals surface area contributed by atoms with Crippen LogP contribution in [0.1, 0.15) is 47.6 Å². The average Bonchev–Trinajstić information content (AvgIpc) is 3.11. The number of esters is 1. The molecule has 0 bridgehead atoms. The van der Waals surface area contributed by atoms with Gasteiger partial charge in [-0.1, -0.05) is 30.3 Å². The summed E-state index contributed by atoms with van der Waals surface area (Å²) in [4.78, 5) is 49.7. The predicted molar refractivity (Wildman–Crippen MR) is 114 cm³/mol. The van der Waals surface area contributed by atoms with Crippen molar-refractivity contribution in [3.63, 3.8) is 0 Å². The first-order valence-electron chi connectivity index (χ1n) is 10.1. The van der Waals surface area contributed by atoms with Crippen LogP contribution in [0, 0.1) is 13.8 Å². The van der Waals surface area contributed by atoms with E-state index in [1.54, 1.807) is 19.9 Å². The van der Waals surface area contributed by atoms with Crippen LogP contribution in [0.5, 0.6) is 0 Å². The normalized spacial score (nSPS) is 15.2. The van der Waals surface area contributed by atoms with E-state index in [0.717, 1.165) is 21.9 Å². The smallest absolute Gasteiger partial charge is 0.325 e. The second-order valence-corrected chi connectivity index (χ2v) is 8.20. The summed E-state index contributed by atoms with van der Waals surface area (Å²) >= 11 is 0. The van der Waals surface area contributed by atoms with E-state index in [0.29, 0.717) is 12.1 Å². The van der Waals surface area contributed by atoms with Crippen molar-refractivity contribution < 1.29 is 23.9 Å². The number of nitrogens with one attached hydrogen (secondary N) is 1. The number of aryl methyl sites for hydroxylation is 1. The Morgan fingerprint density at radius 3 is 2.39 bits per heavy atom. The van der Waals surface area contributed by atoms with Crippen LogP contribution < -0.4 is 5.32 Å². The molecule has 1 N–H and O–H groups in total. The van der Waals surface area contributed by atoms with Gasteiger partial charge in [0.05, 0.1) is 6.42 Å². The summed E-state index contributed by atoms with van der Waals surface area (Å²) in [6.07, 6.45) is -0.171. The maximum Gasteiger partial charge on any atom is 0.325 e. The second kappa shape index (κ2) is 8.75. The van der Waals surface area contributed by atoms with Gasteiger partial charge in [0.1, 0.15) is 5.54 Å². The molecule has 0 unspecified atom stereocenters. The van der Waals surface area contributed by atoms with Crippen molar-refractivity contribution >= 4 is 23.7 Å². The lowest BCUT2D eigenvalue weighted by Crippen LogP contribution is -2.40. The first kappa shape index (κ1) is 22.3. The van der Waals surface area contributed by atoms with Crippen LogP contribution in [-0.4, -0.2) is 51.8 Å². The molecule has 8 heteroatoms. The molecular weight excluding hydrogens is 398 g/mol. The molecule has 164 valence electrons. The molecule has 1 aromatic carbocycles. The fourth-order valence-electron chi connectivity index (χ4n) is 3.61. The van der Waals surface area contributed by atoms with Crippen LogP contribution in [0.2, 0.25) is 0 Å². The lowest BCUT2D eigenvalue weighted by molar-refractivity contribution is -0.143. The summed E-state index contributed by atoms with van der Waals surface area (Å²) in [6, 6.07) is 11.2. The van der Waals surface area contributed by atoms with Crippen molar-refractivity contribution in [2.45, 2.75) is 46.2 Å². The van der Waals surface area contributed by atoms with Gasteiger partial charge < -0.3 is 14.6 Å². The van der Waals surface area contributed by atoms with Crippen molar-refractivity contribution in [2.24, 2.45) is 0 Å². The topological polar surface area (TPSA) is 97.7 Å². The van der Waals surface area contributed by atoms with Crippen molar-refractivity contribution in [2.75, 3.05) is 13.2 Å². The van der Waals surface area contributed by atoms with Gasteiger partial charge in [0.2, 0.25) is 5.78 Å². The number of amides is 3. The number of hydrogen-bond donors (Lipinski definition) is 1. The first-order chi connectivity index (χ1) is 14.6. The van der Waals surface area contributed by atoms with Gasteiger partial charge in [0.25, 0.3) is 5.91 Å². The second-order valence-electron chi connectivity index (χ2n) is 8.20. The maximum absolute atomic E-state index is 12.6. The van der Waals surface area contributed by atoms with Gasteiger partial charge in [-0.15, -0.1) is 0 Å². The zero-order chi connectivity index (χ0) is 22.8. The number of rotatable bonds is 8. The molecule has 0 saturated carbocycles. The van der Waals surface area contributed by atoms with Gasteiger partial charge in [0.15, 0.2) is 6.61 Å². The molecule has 0 atom stereocenters. The number of Topliss-reactive ketones (excluding diaryl/α,β-unsaturated/α-hetero) is 1. The lowest BCUT2D eigenvalue weighted by Gasteiger charge is -2.15. The van der Waals surface area contributed by atoms with Crippen LogP contribution in [0.25, 0.3) is 0 Å². The van der Waals surface area contributed by atoms with E-state index in [2.05, 4.69) is 5.32 Å². The third kappa shape index (κ3) is 4.84. The molecule has 0 aliphatic carbocycles. The Kier molecular flexibility index (Phi) is 6.29. The van der Waals surface area contributed by atoms with Gasteiger partial charge in [-0.05, 0) is 39.3 Å². The quantitative estimate of drug-likeness (QED) is 0.398. The number of carbonyl (C=O) groups is 4. The average molecular weight is 425 g/mol. The highest BCUT2D eigenvalue weighted by Gasteiger charge is 2.44. The van der Waals surface area contributed by atoms with Gasteiger partial charge in [-0.25, -0.2) is 4.79 Å². The third-order valence-electron chi connectivity index (χ3n) is 5.41. The highest BCUT2D eigenvalue weighted by atomic mass is 16.5. The summed E-state index contributed by atoms with van der Waals surface area (Å²) in [5.74, 6) is -1.33. The first-order valence-corrected chi connectivity index (χ1v) is 10.1. The summed E-state index contributed by atoms with van der Waals surface area (Å²) in [6.45, 7) is 7.15. The number of nitrogens with zero attached hydrogens (tertiary/aromatic N) is 2. The number of ether oxygens (including phenoxy) is 1. The number of ketones is 1. The van der Waals surface area contributed by atoms with E-state index in [-0.39, 0.29) is 25.4 Å². The van der Waals surface area contributed by atoms with E-state index >= 15 is 0 Å². The third-order valence-corrected chi connectivity index (χ3v) is 5.41. The number of urea groups is 1. The summed E-state index contributed by atoms with van der Waals surface area (Å²) < 4.78 is 7.14. The summed E-state index contributed by atoms with van der Waals surface area (Å²) in [5.41, 5.74) is 2.40. The van der Waals surface area contributed by atoms with Crippen LogP contribution >= 0.6 is 0 Å². The zero-order valence-electron chi connectivity index (χ0n) is 18.2. The predicted octanol–water partition coefficient (Wildman–Crippen LogP) is 2.60. The van der Waals surface area contributed by atoms with Gasteiger partial charge in [-0.3, -0.25) is 19.3 Å². The zero-order valence-corrected chi connectivity index (χ0v) is 18.2. The molecule has 1 aliphatic rings. The van der Waals surface area contributed by atoms with Crippen molar-refractivity contribution in [1.82, 2.24) is 14.8 Å². The van der Waals surface area contributed by atoms with Crippen molar-refractivity contribution in [3.8, 4) is 0 Å². The number of imide groups is 1. The lowest BCUT2D eigenvalue weighted by atomic mass is 10.1. The van der Waals surface area contributed by atoms with Gasteiger partial charge in [0, 0.05) is 30.0 Å². The molecule has 2 aromatic rings. The molecule has 3 amide bonds. The number of carbonyl (C=O) groups excluding carboxylic acids is 4. The minimum atomic E-state index is -0.987. The van der Waals surface area contributed by atoms with E-state index in [1.807, 2.05) is 48.7 Å². The highest BCUT2D eigenvalue weighted by Crippen LogP contribution is 2.19. The SMILES string of the molecule is Cc1cc(C(=O)COC(=O)CCN2C(=O)NC(C)(C)C2=O)c(C)n1Cc1ccccc1. The Balaban J connectivity index is 1.55. The summed E-state index contributed by atoms with van der Waals surface area (Å²) in [7, 11) is 0. The molecule has 0 radical (unpaired) electrons. The number of aromatic nitrogens is 1. The standard InChI is InChI=1S/C23H27N3O5/c1-15-12-18(16(2)26(15)13-17-8-6-5-7-9-17)19(27)14-31-20(28)10-11-25-21(29)23(3,4)24-22(25)30/h5-9,12H,10-11,13-14H2,1-4H3,(H,24,30). The van der Waals surface area contributed by atoms with E-state index in [9.17, 15) is 19.2 Å². The molecular formula is C23H27N3O5. The van der Waals surface area contributed by atoms with Gasteiger partial charge >= 0.3 is 12.0 Å². The Bertz CT molecular complexity index is 1020. The minimum Gasteiger partial charge on any atom is -0.457 e. The molecule has 1 aromatic heterocycles. The van der Waals surface area contributed by atoms with Crippen LogP contribution in [0.4, 0.5) is 4.79 Å². The van der Waals surface area contributed by atoms with Crippen molar-refractivity contribution in [1.29, 1.82) is 0 Å². The molecule has 31 heavy (non-hydrogen) atoms.